The van der Waals surface area contributed by atoms with Gasteiger partial charge in [0.05, 0.1) is 17.2 Å². The van der Waals surface area contributed by atoms with E-state index < -0.39 is 15.9 Å². The minimum atomic E-state index is -3.56. The van der Waals surface area contributed by atoms with Gasteiger partial charge in [0.15, 0.2) is 11.5 Å². The van der Waals surface area contributed by atoms with E-state index in [0.29, 0.717) is 48.3 Å². The number of carbonyl (C=O) groups excluding carboxylic acids is 1. The van der Waals surface area contributed by atoms with E-state index in [2.05, 4.69) is 15.2 Å². The molecule has 1 amide bonds. The number of carbonyl (C=O) groups is 1. The first kappa shape index (κ1) is 29.2. The summed E-state index contributed by atoms with van der Waals surface area (Å²) in [5, 5.41) is 18.3. The minimum Gasteiger partial charge on any atom is -0.354 e. The highest BCUT2D eigenvalue weighted by Gasteiger charge is 2.42. The van der Waals surface area contributed by atoms with Crippen LogP contribution in [-0.2, 0) is 14.8 Å². The van der Waals surface area contributed by atoms with Gasteiger partial charge in [-0.2, -0.15) is 9.57 Å². The molecule has 0 saturated carbocycles. The number of nitriles is 1. The van der Waals surface area contributed by atoms with Gasteiger partial charge in [-0.15, -0.1) is 10.2 Å². The number of aromatic nitrogens is 3. The van der Waals surface area contributed by atoms with E-state index in [9.17, 15) is 13.2 Å². The molecule has 10 nitrogen and oxygen atoms in total. The normalized spacial score (nSPS) is 22.1. The molecule has 3 aromatic rings. The summed E-state index contributed by atoms with van der Waals surface area (Å²) in [4.78, 5) is 22.4. The molecule has 2 aliphatic heterocycles. The molecule has 2 fully saturated rings. The molecule has 0 aliphatic carbocycles. The number of hydrogen-bond donors (Lipinski definition) is 0. The molecule has 2 aliphatic rings. The smallest absolute Gasteiger partial charge is 0.228 e. The van der Waals surface area contributed by atoms with E-state index in [-0.39, 0.29) is 36.7 Å². The molecule has 0 bridgehead atoms. The summed E-state index contributed by atoms with van der Waals surface area (Å²) in [6.07, 6.45) is 3.98. The quantitative estimate of drug-likeness (QED) is 0.424. The van der Waals surface area contributed by atoms with Crippen LogP contribution in [0.5, 0.6) is 0 Å². The van der Waals surface area contributed by atoms with E-state index in [4.69, 9.17) is 28.5 Å². The van der Waals surface area contributed by atoms with Crippen LogP contribution in [0.3, 0.4) is 0 Å². The summed E-state index contributed by atoms with van der Waals surface area (Å²) in [5.41, 5.74) is 1.83. The van der Waals surface area contributed by atoms with Crippen LogP contribution < -0.4 is 4.90 Å². The third-order valence-electron chi connectivity index (χ3n) is 7.69. The van der Waals surface area contributed by atoms with Crippen molar-refractivity contribution in [3.05, 3.63) is 81.7 Å². The summed E-state index contributed by atoms with van der Waals surface area (Å²) >= 11 is 12.2. The number of nitrogens with zero attached hydrogens (tertiary/aromatic N) is 7. The lowest BCUT2D eigenvalue weighted by molar-refractivity contribution is -0.136. The van der Waals surface area contributed by atoms with Crippen LogP contribution in [0.15, 0.2) is 54.7 Å². The lowest BCUT2D eigenvalue weighted by Crippen LogP contribution is -2.47. The van der Waals surface area contributed by atoms with Gasteiger partial charge in [-0.05, 0) is 54.8 Å². The van der Waals surface area contributed by atoms with Gasteiger partial charge in [0.25, 0.3) is 0 Å². The summed E-state index contributed by atoms with van der Waals surface area (Å²) in [6.45, 7) is 1.82. The second kappa shape index (κ2) is 12.3. The van der Waals surface area contributed by atoms with Gasteiger partial charge in [0, 0.05) is 61.6 Å². The van der Waals surface area contributed by atoms with Gasteiger partial charge < -0.3 is 9.80 Å². The van der Waals surface area contributed by atoms with Crippen molar-refractivity contribution < 1.29 is 13.2 Å². The molecule has 0 radical (unpaired) electrons. The molecular weight excluding hydrogens is 585 g/mol. The Morgan fingerprint density at radius 3 is 2.37 bits per heavy atom. The van der Waals surface area contributed by atoms with Crippen molar-refractivity contribution in [3.63, 3.8) is 0 Å². The minimum absolute atomic E-state index is 0.0609. The first-order valence-corrected chi connectivity index (χ1v) is 15.9. The Morgan fingerprint density at radius 2 is 1.73 bits per heavy atom. The van der Waals surface area contributed by atoms with E-state index in [1.807, 2.05) is 29.2 Å². The van der Waals surface area contributed by atoms with Gasteiger partial charge in [-0.1, -0.05) is 35.3 Å². The number of benzene rings is 1. The fourth-order valence-electron chi connectivity index (χ4n) is 5.68. The van der Waals surface area contributed by atoms with Crippen LogP contribution in [0.25, 0.3) is 0 Å². The van der Waals surface area contributed by atoms with E-state index in [1.165, 1.54) is 10.6 Å². The zero-order valence-corrected chi connectivity index (χ0v) is 24.7. The van der Waals surface area contributed by atoms with Crippen LogP contribution in [0.2, 0.25) is 10.0 Å². The maximum Gasteiger partial charge on any atom is 0.228 e. The topological polar surface area (TPSA) is 123 Å². The van der Waals surface area contributed by atoms with Crippen LogP contribution in [-0.4, -0.2) is 77.7 Å². The average molecular weight is 615 g/mol. The molecule has 4 heterocycles. The van der Waals surface area contributed by atoms with Crippen molar-refractivity contribution in [2.45, 2.75) is 24.8 Å². The Morgan fingerprint density at radius 1 is 0.976 bits per heavy atom. The van der Waals surface area contributed by atoms with Gasteiger partial charge in [-0.3, -0.25) is 9.78 Å². The van der Waals surface area contributed by atoms with E-state index in [0.717, 1.165) is 11.3 Å². The number of amides is 1. The highest BCUT2D eigenvalue weighted by atomic mass is 35.5. The average Bonchev–Trinajstić information content (AvgIpc) is 3.39. The maximum absolute atomic E-state index is 14.1. The molecule has 0 spiro atoms. The number of sulfonamides is 1. The van der Waals surface area contributed by atoms with Crippen molar-refractivity contribution in [1.29, 1.82) is 5.26 Å². The first-order chi connectivity index (χ1) is 19.6. The lowest BCUT2D eigenvalue weighted by Gasteiger charge is -2.36. The van der Waals surface area contributed by atoms with Crippen molar-refractivity contribution >= 4 is 45.0 Å². The van der Waals surface area contributed by atoms with Gasteiger partial charge in [-0.25, -0.2) is 8.42 Å². The Kier molecular flexibility index (Phi) is 8.75. The molecule has 0 N–H and O–H groups in total. The van der Waals surface area contributed by atoms with Crippen LogP contribution >= 0.6 is 23.2 Å². The molecular formula is C28H29Cl2N7O3S. The van der Waals surface area contributed by atoms with Crippen molar-refractivity contribution in [2.75, 3.05) is 43.9 Å². The predicted molar refractivity (Wildman–Crippen MR) is 156 cm³/mol. The molecule has 5 rings (SSSR count). The van der Waals surface area contributed by atoms with Crippen LogP contribution in [0, 0.1) is 17.2 Å². The Labute approximate surface area is 249 Å². The standard InChI is InChI=1S/C28H29Cl2N7O3S/c1-41(39,40)37-14-13-35(12-2-3-26(37)19-4-6-20(29)7-5-19)28(38)24-18-36(27-11-9-22(15-31)33-34-27)17-23(24)25-10-8-21(30)16-32-25/h4-11,16,23-24,26H,2-3,12-14,17-18H2,1H3/t23-,24-,26+/m1/s1. The number of rotatable bonds is 5. The summed E-state index contributed by atoms with van der Waals surface area (Å²) in [7, 11) is -3.56. The highest BCUT2D eigenvalue weighted by molar-refractivity contribution is 7.88. The van der Waals surface area contributed by atoms with E-state index in [1.54, 1.807) is 41.4 Å². The molecule has 13 heteroatoms. The van der Waals surface area contributed by atoms with Gasteiger partial charge >= 0.3 is 0 Å². The predicted octanol–water partition coefficient (Wildman–Crippen LogP) is 3.90. The Bertz CT molecular complexity index is 1530. The molecule has 2 saturated heterocycles. The SMILES string of the molecule is CS(=O)(=O)N1CCN(C(=O)[C@@H]2CN(c3ccc(C#N)nn3)C[C@H]2c2ccc(Cl)cn2)CCC[C@H]1c1ccc(Cl)cc1. The third-order valence-corrected chi connectivity index (χ3v) is 9.46. The zero-order valence-electron chi connectivity index (χ0n) is 22.4. The number of pyridine rings is 1. The molecule has 2 aromatic heterocycles. The largest absolute Gasteiger partial charge is 0.354 e. The zero-order chi connectivity index (χ0) is 29.1. The van der Waals surface area contributed by atoms with E-state index >= 15 is 0 Å². The Balaban J connectivity index is 1.39. The van der Waals surface area contributed by atoms with Crippen molar-refractivity contribution in [1.82, 2.24) is 24.4 Å². The molecule has 0 unspecified atom stereocenters. The maximum atomic E-state index is 14.1. The highest BCUT2D eigenvalue weighted by Crippen LogP contribution is 2.36. The van der Waals surface area contributed by atoms with Crippen LogP contribution in [0.4, 0.5) is 5.82 Å². The lowest BCUT2D eigenvalue weighted by atomic mass is 9.90. The fraction of sp³-hybridized carbons (Fsp3) is 0.393. The molecule has 41 heavy (non-hydrogen) atoms. The van der Waals surface area contributed by atoms with Gasteiger partial charge in [0.1, 0.15) is 6.07 Å². The summed E-state index contributed by atoms with van der Waals surface area (Å²) in [6, 6.07) is 15.8. The van der Waals surface area contributed by atoms with Crippen LogP contribution in [0.1, 0.15) is 41.8 Å². The monoisotopic (exact) mass is 613 g/mol. The number of anilines is 1. The third kappa shape index (κ3) is 6.62. The molecule has 1 aromatic carbocycles. The number of halogens is 2. The molecule has 3 atom stereocenters. The van der Waals surface area contributed by atoms with Crippen molar-refractivity contribution in [3.8, 4) is 6.07 Å². The summed E-state index contributed by atoms with van der Waals surface area (Å²) in [5.74, 6) is -0.177. The second-order valence-electron chi connectivity index (χ2n) is 10.3. The van der Waals surface area contributed by atoms with Gasteiger partial charge in [0.2, 0.25) is 15.9 Å². The Hall–Kier alpha value is -3.30. The molecule has 214 valence electrons. The fourth-order valence-corrected chi connectivity index (χ4v) is 7.02. The van der Waals surface area contributed by atoms with Crippen molar-refractivity contribution in [2.24, 2.45) is 5.92 Å². The number of hydrogen-bond acceptors (Lipinski definition) is 8. The summed E-state index contributed by atoms with van der Waals surface area (Å²) < 4.78 is 27.3. The first-order valence-electron chi connectivity index (χ1n) is 13.3. The second-order valence-corrected chi connectivity index (χ2v) is 13.1.